The van der Waals surface area contributed by atoms with Gasteiger partial charge in [-0.25, -0.2) is 0 Å². The first kappa shape index (κ1) is 11.4. The first-order valence-electron chi connectivity index (χ1n) is 5.92. The molecule has 88 valence electrons. The van der Waals surface area contributed by atoms with Crippen LogP contribution in [-0.2, 0) is 6.54 Å². The normalized spacial score (nSPS) is 15.3. The van der Waals surface area contributed by atoms with Gasteiger partial charge in [-0.1, -0.05) is 12.5 Å². The fourth-order valence-corrected chi connectivity index (χ4v) is 1.90. The van der Waals surface area contributed by atoms with Crippen LogP contribution in [-0.4, -0.2) is 31.1 Å². The van der Waals surface area contributed by atoms with Crippen LogP contribution in [0.2, 0.25) is 0 Å². The second-order valence-corrected chi connectivity index (χ2v) is 4.37. The van der Waals surface area contributed by atoms with Crippen LogP contribution in [0.25, 0.3) is 0 Å². The third-order valence-electron chi connectivity index (χ3n) is 3.15. The van der Waals surface area contributed by atoms with E-state index in [0.717, 1.165) is 38.5 Å². The molecule has 1 aromatic heterocycles. The first-order chi connectivity index (χ1) is 7.79. The Morgan fingerprint density at radius 1 is 1.50 bits per heavy atom. The van der Waals surface area contributed by atoms with Crippen molar-refractivity contribution in [2.75, 3.05) is 26.2 Å². The lowest BCUT2D eigenvalue weighted by atomic mass is 10.0. The number of furan rings is 1. The van der Waals surface area contributed by atoms with Crippen LogP contribution in [0, 0.1) is 0 Å². The van der Waals surface area contributed by atoms with Gasteiger partial charge in [0, 0.05) is 19.6 Å². The highest BCUT2D eigenvalue weighted by Crippen LogP contribution is 2.12. The topological polar surface area (TPSA) is 28.4 Å². The predicted molar refractivity (Wildman–Crippen MR) is 65.2 cm³/mol. The molecule has 1 N–H and O–H groups in total. The summed E-state index contributed by atoms with van der Waals surface area (Å²) in [6.45, 7) is 9.59. The molecule has 16 heavy (non-hydrogen) atoms. The average molecular weight is 220 g/mol. The summed E-state index contributed by atoms with van der Waals surface area (Å²) in [7, 11) is 0. The largest absolute Gasteiger partial charge is 0.468 e. The highest BCUT2D eigenvalue weighted by atomic mass is 16.3. The molecule has 0 aromatic carbocycles. The van der Waals surface area contributed by atoms with Gasteiger partial charge < -0.3 is 9.73 Å². The van der Waals surface area contributed by atoms with E-state index in [4.69, 9.17) is 4.42 Å². The summed E-state index contributed by atoms with van der Waals surface area (Å²) in [5.41, 5.74) is 3.07. The maximum absolute atomic E-state index is 5.38. The molecule has 0 aliphatic carbocycles. The molecule has 1 aromatic rings. The van der Waals surface area contributed by atoms with E-state index in [-0.39, 0.29) is 0 Å². The zero-order valence-electron chi connectivity index (χ0n) is 10.1. The second kappa shape index (κ2) is 5.32. The van der Waals surface area contributed by atoms with Gasteiger partial charge in [0.2, 0.25) is 0 Å². The van der Waals surface area contributed by atoms with Gasteiger partial charge in [0.05, 0.1) is 12.8 Å². The van der Waals surface area contributed by atoms with Crippen LogP contribution in [0.5, 0.6) is 0 Å². The third-order valence-corrected chi connectivity index (χ3v) is 3.15. The van der Waals surface area contributed by atoms with Crippen molar-refractivity contribution in [1.82, 2.24) is 10.2 Å². The van der Waals surface area contributed by atoms with Crippen LogP contribution in [0.4, 0.5) is 0 Å². The Balaban J connectivity index is 1.90. The Hall–Kier alpha value is -1.06. The van der Waals surface area contributed by atoms with Crippen molar-refractivity contribution in [3.63, 3.8) is 0 Å². The summed E-state index contributed by atoms with van der Waals surface area (Å²) in [4.78, 5) is 2.40. The zero-order valence-corrected chi connectivity index (χ0v) is 10.1. The molecule has 0 bridgehead atoms. The summed E-state index contributed by atoms with van der Waals surface area (Å²) in [6, 6.07) is 3.99. The SMILES string of the molecule is CCN(CC(C)=C1CNC1)Cc1ccco1. The van der Waals surface area contributed by atoms with Crippen molar-refractivity contribution >= 4 is 0 Å². The Morgan fingerprint density at radius 3 is 2.81 bits per heavy atom. The highest BCUT2D eigenvalue weighted by Gasteiger charge is 2.13. The van der Waals surface area contributed by atoms with Gasteiger partial charge in [-0.2, -0.15) is 0 Å². The van der Waals surface area contributed by atoms with Crippen molar-refractivity contribution in [2.45, 2.75) is 20.4 Å². The first-order valence-corrected chi connectivity index (χ1v) is 5.92. The summed E-state index contributed by atoms with van der Waals surface area (Å²) in [5.74, 6) is 1.05. The Bertz CT molecular complexity index is 348. The van der Waals surface area contributed by atoms with E-state index in [0.29, 0.717) is 0 Å². The number of nitrogens with one attached hydrogen (secondary N) is 1. The average Bonchev–Trinajstić information content (AvgIpc) is 2.66. The molecule has 1 aliphatic rings. The molecule has 0 spiro atoms. The minimum Gasteiger partial charge on any atom is -0.468 e. The molecular weight excluding hydrogens is 200 g/mol. The summed E-state index contributed by atoms with van der Waals surface area (Å²) < 4.78 is 5.38. The number of nitrogens with zero attached hydrogens (tertiary/aromatic N) is 1. The van der Waals surface area contributed by atoms with Crippen molar-refractivity contribution < 1.29 is 4.42 Å². The summed E-state index contributed by atoms with van der Waals surface area (Å²) in [6.07, 6.45) is 1.74. The van der Waals surface area contributed by atoms with E-state index in [1.165, 1.54) is 5.57 Å². The Labute approximate surface area is 97.1 Å². The molecule has 0 radical (unpaired) electrons. The van der Waals surface area contributed by atoms with Crippen molar-refractivity contribution in [2.24, 2.45) is 0 Å². The van der Waals surface area contributed by atoms with Gasteiger partial charge in [0.15, 0.2) is 0 Å². The summed E-state index contributed by atoms with van der Waals surface area (Å²) >= 11 is 0. The molecule has 1 aliphatic heterocycles. The number of hydrogen-bond donors (Lipinski definition) is 1. The number of likely N-dealkylation sites (N-methyl/N-ethyl adjacent to an activating group) is 1. The molecule has 0 amide bonds. The molecule has 0 atom stereocenters. The van der Waals surface area contributed by atoms with Crippen LogP contribution in [0.3, 0.4) is 0 Å². The fourth-order valence-electron chi connectivity index (χ4n) is 1.90. The minimum absolute atomic E-state index is 0.904. The van der Waals surface area contributed by atoms with E-state index >= 15 is 0 Å². The number of hydrogen-bond acceptors (Lipinski definition) is 3. The van der Waals surface area contributed by atoms with Gasteiger partial charge in [-0.15, -0.1) is 0 Å². The van der Waals surface area contributed by atoms with E-state index in [1.54, 1.807) is 11.8 Å². The molecule has 0 saturated carbocycles. The minimum atomic E-state index is 0.904. The second-order valence-electron chi connectivity index (χ2n) is 4.37. The molecule has 2 heterocycles. The van der Waals surface area contributed by atoms with Gasteiger partial charge >= 0.3 is 0 Å². The molecule has 0 unspecified atom stereocenters. The lowest BCUT2D eigenvalue weighted by Gasteiger charge is -2.26. The lowest BCUT2D eigenvalue weighted by Crippen LogP contribution is -2.36. The maximum Gasteiger partial charge on any atom is 0.117 e. The van der Waals surface area contributed by atoms with Crippen LogP contribution >= 0.6 is 0 Å². The van der Waals surface area contributed by atoms with E-state index in [2.05, 4.69) is 24.1 Å². The van der Waals surface area contributed by atoms with E-state index in [1.807, 2.05) is 12.1 Å². The third kappa shape index (κ3) is 2.74. The highest BCUT2D eigenvalue weighted by molar-refractivity contribution is 5.22. The van der Waals surface area contributed by atoms with E-state index < -0.39 is 0 Å². The van der Waals surface area contributed by atoms with Crippen molar-refractivity contribution in [1.29, 1.82) is 0 Å². The molecule has 1 saturated heterocycles. The quantitative estimate of drug-likeness (QED) is 0.770. The van der Waals surface area contributed by atoms with Gasteiger partial charge in [-0.3, -0.25) is 4.90 Å². The number of rotatable bonds is 5. The Morgan fingerprint density at radius 2 is 2.31 bits per heavy atom. The van der Waals surface area contributed by atoms with Crippen molar-refractivity contribution in [3.05, 3.63) is 35.3 Å². The van der Waals surface area contributed by atoms with E-state index in [9.17, 15) is 0 Å². The molecular formula is C13H20N2O. The van der Waals surface area contributed by atoms with Crippen LogP contribution < -0.4 is 5.32 Å². The smallest absolute Gasteiger partial charge is 0.117 e. The monoisotopic (exact) mass is 220 g/mol. The Kier molecular flexibility index (Phi) is 3.80. The summed E-state index contributed by atoms with van der Waals surface area (Å²) in [5, 5.41) is 3.28. The van der Waals surface area contributed by atoms with Gasteiger partial charge in [-0.05, 0) is 31.2 Å². The van der Waals surface area contributed by atoms with Gasteiger partial charge in [0.1, 0.15) is 5.76 Å². The van der Waals surface area contributed by atoms with Crippen LogP contribution in [0.15, 0.2) is 34.0 Å². The van der Waals surface area contributed by atoms with Crippen molar-refractivity contribution in [3.8, 4) is 0 Å². The predicted octanol–water partition coefficient (Wildman–Crippen LogP) is 2.02. The molecule has 1 fully saturated rings. The molecule has 2 rings (SSSR count). The fraction of sp³-hybridized carbons (Fsp3) is 0.538. The molecule has 3 heteroatoms. The van der Waals surface area contributed by atoms with Crippen LogP contribution in [0.1, 0.15) is 19.6 Å². The molecule has 3 nitrogen and oxygen atoms in total. The maximum atomic E-state index is 5.38. The standard InChI is InChI=1S/C13H20N2O/c1-3-15(10-13-5-4-6-16-13)9-11(2)12-7-14-8-12/h4-6,14H,3,7-10H2,1-2H3. The lowest BCUT2D eigenvalue weighted by molar-refractivity contribution is 0.274. The zero-order chi connectivity index (χ0) is 11.4. The van der Waals surface area contributed by atoms with Gasteiger partial charge in [0.25, 0.3) is 0 Å².